The zero-order chi connectivity index (χ0) is 29.2. The number of hydrogen-bond donors (Lipinski definition) is 2. The van der Waals surface area contributed by atoms with Crippen LogP contribution in [-0.4, -0.2) is 52.3 Å². The molecule has 3 aromatic carbocycles. The van der Waals surface area contributed by atoms with Crippen molar-refractivity contribution in [2.24, 2.45) is 25.0 Å². The molecule has 214 valence electrons. The summed E-state index contributed by atoms with van der Waals surface area (Å²) in [6.07, 6.45) is 2.30. The van der Waals surface area contributed by atoms with Gasteiger partial charge in [0.15, 0.2) is 0 Å². The first-order chi connectivity index (χ1) is 19.5. The fraction of sp³-hybridized carbons (Fsp3) is 0.222. The number of guanidine groups is 1. The Morgan fingerprint density at radius 2 is 1.54 bits per heavy atom. The second-order valence-corrected chi connectivity index (χ2v) is 13.4. The van der Waals surface area contributed by atoms with E-state index in [1.54, 1.807) is 17.1 Å². The lowest BCUT2D eigenvalue weighted by atomic mass is 9.81. The Balaban J connectivity index is 1.50. The monoisotopic (exact) mass is 632 g/mol. The van der Waals surface area contributed by atoms with Crippen molar-refractivity contribution in [2.75, 3.05) is 6.54 Å². The molecule has 0 saturated heterocycles. The van der Waals surface area contributed by atoms with Gasteiger partial charge in [0, 0.05) is 28.2 Å². The Morgan fingerprint density at radius 3 is 2.15 bits per heavy atom. The van der Waals surface area contributed by atoms with Gasteiger partial charge in [0.2, 0.25) is 5.96 Å². The summed E-state index contributed by atoms with van der Waals surface area (Å²) in [4.78, 5) is -0.0197. The highest BCUT2D eigenvalue weighted by Gasteiger charge is 2.36. The molecule has 3 aromatic rings. The maximum atomic E-state index is 13.4. The van der Waals surface area contributed by atoms with E-state index < -0.39 is 20.2 Å². The maximum Gasteiger partial charge on any atom is 0.316 e. The minimum Gasteiger partial charge on any atom is -0.351 e. The van der Waals surface area contributed by atoms with Crippen LogP contribution >= 0.6 is 23.2 Å². The average molecular weight is 634 g/mol. The van der Waals surface area contributed by atoms with Crippen LogP contribution in [0.5, 0.6) is 0 Å². The lowest BCUT2D eigenvalue weighted by Gasteiger charge is -2.35. The molecule has 0 radical (unpaired) electrons. The number of nitrogens with zero attached hydrogens (tertiary/aromatic N) is 4. The summed E-state index contributed by atoms with van der Waals surface area (Å²) in [5, 5.41) is 15.6. The second kappa shape index (κ2) is 11.9. The molecule has 1 atom stereocenters. The van der Waals surface area contributed by atoms with Crippen molar-refractivity contribution in [3.8, 4) is 0 Å². The van der Waals surface area contributed by atoms with Crippen LogP contribution in [0.2, 0.25) is 10.0 Å². The first-order valence-electron chi connectivity index (χ1n) is 12.6. The van der Waals surface area contributed by atoms with Gasteiger partial charge in [-0.1, -0.05) is 65.7 Å². The van der Waals surface area contributed by atoms with Crippen LogP contribution in [0.25, 0.3) is 0 Å². The minimum absolute atomic E-state index is 0.0197. The molecule has 0 spiro atoms. The van der Waals surface area contributed by atoms with Crippen LogP contribution in [0.1, 0.15) is 29.9 Å². The molecule has 1 heterocycles. The SMILES string of the molecule is NS(=O)(=O)/N=C/C1CC(N/C(=N\S(=O)(=O)c2ccc(Cl)cc2)N2C[C@@H](c3ccccc3)C(c3ccc(Cl)cc3)=N2)C1. The molecule has 1 saturated carbocycles. The molecule has 3 N–H and O–H groups in total. The summed E-state index contributed by atoms with van der Waals surface area (Å²) in [6.45, 7) is 0.326. The van der Waals surface area contributed by atoms with E-state index in [9.17, 15) is 16.8 Å². The summed E-state index contributed by atoms with van der Waals surface area (Å²) in [6, 6.07) is 22.6. The molecule has 1 fully saturated rings. The summed E-state index contributed by atoms with van der Waals surface area (Å²) in [5.41, 5.74) is 2.58. The van der Waals surface area contributed by atoms with Gasteiger partial charge < -0.3 is 5.32 Å². The number of nitrogens with one attached hydrogen (secondary N) is 1. The largest absolute Gasteiger partial charge is 0.351 e. The number of halogens is 2. The zero-order valence-electron chi connectivity index (χ0n) is 21.5. The van der Waals surface area contributed by atoms with Crippen LogP contribution < -0.4 is 10.5 Å². The van der Waals surface area contributed by atoms with Gasteiger partial charge in [-0.2, -0.15) is 26.3 Å². The molecule has 0 unspecified atom stereocenters. The first-order valence-corrected chi connectivity index (χ1v) is 16.3. The van der Waals surface area contributed by atoms with Crippen molar-refractivity contribution in [2.45, 2.75) is 29.7 Å². The number of benzene rings is 3. The number of hydrazone groups is 1. The molecule has 1 aliphatic carbocycles. The van der Waals surface area contributed by atoms with Crippen LogP contribution in [0.3, 0.4) is 0 Å². The van der Waals surface area contributed by atoms with Crippen LogP contribution in [0.4, 0.5) is 0 Å². The van der Waals surface area contributed by atoms with E-state index >= 15 is 0 Å². The molecule has 5 rings (SSSR count). The zero-order valence-corrected chi connectivity index (χ0v) is 24.7. The van der Waals surface area contributed by atoms with Gasteiger partial charge in [0.25, 0.3) is 10.0 Å². The van der Waals surface area contributed by atoms with Gasteiger partial charge in [0.05, 0.1) is 17.2 Å². The highest BCUT2D eigenvalue weighted by Crippen LogP contribution is 2.31. The van der Waals surface area contributed by atoms with Crippen molar-refractivity contribution in [3.05, 3.63) is 100 Å². The van der Waals surface area contributed by atoms with Gasteiger partial charge in [-0.15, -0.1) is 4.40 Å². The van der Waals surface area contributed by atoms with Gasteiger partial charge >= 0.3 is 10.2 Å². The lowest BCUT2D eigenvalue weighted by molar-refractivity contribution is 0.308. The van der Waals surface area contributed by atoms with E-state index in [1.807, 2.05) is 42.5 Å². The van der Waals surface area contributed by atoms with Crippen molar-refractivity contribution < 1.29 is 16.8 Å². The molecule has 10 nitrogen and oxygen atoms in total. The van der Waals surface area contributed by atoms with Crippen molar-refractivity contribution in [1.29, 1.82) is 0 Å². The molecule has 0 bridgehead atoms. The third kappa shape index (κ3) is 7.32. The third-order valence-electron chi connectivity index (χ3n) is 6.74. The number of nitrogens with two attached hydrogens (primary N) is 1. The highest BCUT2D eigenvalue weighted by atomic mass is 35.5. The van der Waals surface area contributed by atoms with Crippen molar-refractivity contribution >= 4 is 61.3 Å². The topological polar surface area (TPSA) is 147 Å². The van der Waals surface area contributed by atoms with Crippen LogP contribution in [0, 0.1) is 5.92 Å². The minimum atomic E-state index is -4.14. The van der Waals surface area contributed by atoms with Gasteiger partial charge in [0.1, 0.15) is 0 Å². The Morgan fingerprint density at radius 1 is 0.927 bits per heavy atom. The van der Waals surface area contributed by atoms with Crippen LogP contribution in [-0.2, 0) is 20.2 Å². The molecule has 0 amide bonds. The Bertz CT molecular complexity index is 1710. The van der Waals surface area contributed by atoms with Crippen molar-refractivity contribution in [1.82, 2.24) is 10.3 Å². The van der Waals surface area contributed by atoms with E-state index in [0.717, 1.165) is 16.8 Å². The summed E-state index contributed by atoms with van der Waals surface area (Å²) in [5.74, 6) is -0.265. The fourth-order valence-electron chi connectivity index (χ4n) is 4.64. The summed E-state index contributed by atoms with van der Waals surface area (Å²) < 4.78 is 56.6. The second-order valence-electron chi connectivity index (χ2n) is 9.72. The molecule has 41 heavy (non-hydrogen) atoms. The Labute approximate surface area is 248 Å². The highest BCUT2D eigenvalue weighted by molar-refractivity contribution is 7.90. The summed E-state index contributed by atoms with van der Waals surface area (Å²) in [7, 11) is -8.11. The van der Waals surface area contributed by atoms with Gasteiger partial charge in [-0.25, -0.2) is 10.1 Å². The first kappa shape index (κ1) is 29.2. The fourth-order valence-corrected chi connectivity index (χ4v) is 6.19. The van der Waals surface area contributed by atoms with Gasteiger partial charge in [-0.3, -0.25) is 0 Å². The average Bonchev–Trinajstić information content (AvgIpc) is 3.35. The molecule has 2 aliphatic rings. The Hall–Kier alpha value is -3.29. The smallest absolute Gasteiger partial charge is 0.316 e. The van der Waals surface area contributed by atoms with E-state index in [0.29, 0.717) is 29.4 Å². The van der Waals surface area contributed by atoms with E-state index in [-0.39, 0.29) is 28.7 Å². The van der Waals surface area contributed by atoms with Crippen LogP contribution in [0.15, 0.2) is 97.7 Å². The number of sulfonamides is 1. The number of rotatable bonds is 7. The van der Waals surface area contributed by atoms with E-state index in [4.69, 9.17) is 33.4 Å². The molecule has 1 aliphatic heterocycles. The summed E-state index contributed by atoms with van der Waals surface area (Å²) >= 11 is 12.1. The number of hydrogen-bond acceptors (Lipinski definition) is 5. The lowest BCUT2D eigenvalue weighted by Crippen LogP contribution is -2.50. The quantitative estimate of drug-likeness (QED) is 0.295. The molecular weight excluding hydrogens is 607 g/mol. The third-order valence-corrected chi connectivity index (χ3v) is 8.95. The maximum absolute atomic E-state index is 13.4. The normalized spacial score (nSPS) is 21.5. The predicted molar refractivity (Wildman–Crippen MR) is 161 cm³/mol. The van der Waals surface area contributed by atoms with E-state index in [1.165, 1.54) is 30.5 Å². The molecule has 0 aromatic heterocycles. The molecule has 14 heteroatoms. The predicted octanol–water partition coefficient (Wildman–Crippen LogP) is 4.18. The molecular formula is C27H26Cl2N6O4S2. The van der Waals surface area contributed by atoms with Gasteiger partial charge in [-0.05, 0) is 66.3 Å². The van der Waals surface area contributed by atoms with E-state index in [2.05, 4.69) is 14.1 Å². The standard InChI is InChI=1S/C27H26Cl2N6O4S2/c28-21-8-6-20(7-9-21)26-25(19-4-2-1-3-5-19)17-35(33-26)27(32-23-14-18(15-23)16-31-41(30,38)39)34-40(36,37)24-12-10-22(29)11-13-24/h1-13,16,18,23,25H,14-15,17H2,(H,32,34)(H2,30,38,39)/b31-16+/t18?,23?,25-/m0/s1. The van der Waals surface area contributed by atoms with Crippen molar-refractivity contribution in [3.63, 3.8) is 0 Å². The Kier molecular flexibility index (Phi) is 8.48.